The van der Waals surface area contributed by atoms with Gasteiger partial charge in [-0.1, -0.05) is 6.08 Å². The van der Waals surface area contributed by atoms with E-state index in [1.165, 1.54) is 13.0 Å². The molecule has 0 aliphatic carbocycles. The van der Waals surface area contributed by atoms with Gasteiger partial charge in [-0.3, -0.25) is 4.79 Å². The van der Waals surface area contributed by atoms with Crippen molar-refractivity contribution in [1.82, 2.24) is 0 Å². The number of anilines is 1. The van der Waals surface area contributed by atoms with Crippen LogP contribution in [0.2, 0.25) is 0 Å². The molecule has 1 aromatic rings. The minimum Gasteiger partial charge on any atom is -0.454 e. The molecule has 20 heavy (non-hydrogen) atoms. The van der Waals surface area contributed by atoms with E-state index in [0.29, 0.717) is 17.2 Å². The van der Waals surface area contributed by atoms with Crippen molar-refractivity contribution in [3.8, 4) is 11.5 Å². The summed E-state index contributed by atoms with van der Waals surface area (Å²) in [4.78, 5) is 11.9. The van der Waals surface area contributed by atoms with Crippen LogP contribution in [0.3, 0.4) is 0 Å². The Bertz CT molecular complexity index is 638. The minimum atomic E-state index is -3.53. The van der Waals surface area contributed by atoms with E-state index in [2.05, 4.69) is 11.9 Å². The third kappa shape index (κ3) is 2.93. The van der Waals surface area contributed by atoms with Gasteiger partial charge in [-0.15, -0.1) is 6.58 Å². The van der Waals surface area contributed by atoms with E-state index in [1.807, 2.05) is 0 Å². The molecule has 1 unspecified atom stereocenters. The fourth-order valence-electron chi connectivity index (χ4n) is 1.69. The van der Waals surface area contributed by atoms with Crippen LogP contribution in [0.15, 0.2) is 30.9 Å². The number of nitrogens with one attached hydrogen (secondary N) is 1. The van der Waals surface area contributed by atoms with E-state index in [4.69, 9.17) is 9.47 Å². The number of hydrogen-bond acceptors (Lipinski definition) is 5. The number of sulfone groups is 1. The standard InChI is InChI=1S/C13H15NO5S/c1-3-6-20(16,17)9(2)13(15)14-10-4-5-11-12(7-10)19-8-18-11/h3-5,7,9H,1,6,8H2,2H3,(H,14,15). The number of ether oxygens (including phenoxy) is 2. The maximum absolute atomic E-state index is 11.9. The maximum Gasteiger partial charge on any atom is 0.242 e. The maximum atomic E-state index is 11.9. The lowest BCUT2D eigenvalue weighted by Crippen LogP contribution is -2.33. The second-order valence-corrected chi connectivity index (χ2v) is 6.68. The summed E-state index contributed by atoms with van der Waals surface area (Å²) in [5.41, 5.74) is 0.458. The van der Waals surface area contributed by atoms with Gasteiger partial charge in [0.05, 0.1) is 5.75 Å². The van der Waals surface area contributed by atoms with Crippen molar-refractivity contribution in [2.45, 2.75) is 12.2 Å². The highest BCUT2D eigenvalue weighted by Gasteiger charge is 2.27. The molecule has 1 amide bonds. The molecule has 2 rings (SSSR count). The van der Waals surface area contributed by atoms with Crippen molar-refractivity contribution in [2.75, 3.05) is 17.9 Å². The summed E-state index contributed by atoms with van der Waals surface area (Å²) in [5, 5.41) is 1.40. The number of rotatable bonds is 5. The van der Waals surface area contributed by atoms with Gasteiger partial charge in [0.15, 0.2) is 21.3 Å². The number of carbonyl (C=O) groups is 1. The van der Waals surface area contributed by atoms with Crippen molar-refractivity contribution < 1.29 is 22.7 Å². The lowest BCUT2D eigenvalue weighted by molar-refractivity contribution is -0.115. The Kier molecular flexibility index (Phi) is 3.99. The molecule has 0 fully saturated rings. The van der Waals surface area contributed by atoms with Crippen LogP contribution >= 0.6 is 0 Å². The van der Waals surface area contributed by atoms with Gasteiger partial charge in [-0.05, 0) is 19.1 Å². The molecule has 0 saturated heterocycles. The molecule has 1 aromatic carbocycles. The minimum absolute atomic E-state index is 0.136. The number of carbonyl (C=O) groups excluding carboxylic acids is 1. The van der Waals surface area contributed by atoms with E-state index in [9.17, 15) is 13.2 Å². The zero-order chi connectivity index (χ0) is 14.8. The van der Waals surface area contributed by atoms with Gasteiger partial charge < -0.3 is 14.8 Å². The van der Waals surface area contributed by atoms with Crippen LogP contribution < -0.4 is 14.8 Å². The first kappa shape index (κ1) is 14.4. The van der Waals surface area contributed by atoms with Crippen molar-refractivity contribution in [2.24, 2.45) is 0 Å². The summed E-state index contributed by atoms with van der Waals surface area (Å²) in [6.07, 6.45) is 1.26. The fraction of sp³-hybridized carbons (Fsp3) is 0.308. The highest BCUT2D eigenvalue weighted by molar-refractivity contribution is 7.92. The molecule has 1 aliphatic heterocycles. The molecular weight excluding hydrogens is 282 g/mol. The van der Waals surface area contributed by atoms with Crippen LogP contribution in [0, 0.1) is 0 Å². The molecule has 7 heteroatoms. The third-order valence-electron chi connectivity index (χ3n) is 2.90. The molecule has 0 bridgehead atoms. The zero-order valence-corrected chi connectivity index (χ0v) is 11.8. The Morgan fingerprint density at radius 3 is 2.85 bits per heavy atom. The number of hydrogen-bond donors (Lipinski definition) is 1. The lowest BCUT2D eigenvalue weighted by atomic mass is 10.2. The van der Waals surface area contributed by atoms with E-state index in [-0.39, 0.29) is 12.5 Å². The predicted octanol–water partition coefficient (Wildman–Crippen LogP) is 1.34. The first-order valence-electron chi connectivity index (χ1n) is 5.97. The van der Waals surface area contributed by atoms with Crippen LogP contribution in [-0.4, -0.2) is 32.1 Å². The Balaban J connectivity index is 2.10. The Labute approximate surface area is 117 Å². The SMILES string of the molecule is C=CCS(=O)(=O)C(C)C(=O)Nc1ccc2c(c1)OCO2. The Morgan fingerprint density at radius 1 is 1.45 bits per heavy atom. The summed E-state index contributed by atoms with van der Waals surface area (Å²) in [6.45, 7) is 4.85. The summed E-state index contributed by atoms with van der Waals surface area (Å²) in [6, 6.07) is 4.87. The van der Waals surface area contributed by atoms with Gasteiger partial charge >= 0.3 is 0 Å². The molecule has 1 atom stereocenters. The summed E-state index contributed by atoms with van der Waals surface area (Å²) < 4.78 is 33.9. The van der Waals surface area contributed by atoms with Gasteiger partial charge in [-0.25, -0.2) is 8.42 Å². The molecule has 1 N–H and O–H groups in total. The molecule has 1 aliphatic rings. The van der Waals surface area contributed by atoms with E-state index in [1.54, 1.807) is 18.2 Å². The van der Waals surface area contributed by atoms with Crippen LogP contribution in [0.1, 0.15) is 6.92 Å². The van der Waals surface area contributed by atoms with Crippen LogP contribution in [0.4, 0.5) is 5.69 Å². The van der Waals surface area contributed by atoms with Crippen LogP contribution in [0.25, 0.3) is 0 Å². The summed E-state index contributed by atoms with van der Waals surface area (Å²) >= 11 is 0. The smallest absolute Gasteiger partial charge is 0.242 e. The van der Waals surface area contributed by atoms with E-state index < -0.39 is 21.0 Å². The Hall–Kier alpha value is -2.02. The molecule has 0 aromatic heterocycles. The topological polar surface area (TPSA) is 81.7 Å². The largest absolute Gasteiger partial charge is 0.454 e. The van der Waals surface area contributed by atoms with Crippen molar-refractivity contribution >= 4 is 21.4 Å². The van der Waals surface area contributed by atoms with Gasteiger partial charge in [-0.2, -0.15) is 0 Å². The first-order chi connectivity index (χ1) is 9.44. The monoisotopic (exact) mass is 297 g/mol. The van der Waals surface area contributed by atoms with Gasteiger partial charge in [0, 0.05) is 11.8 Å². The number of benzene rings is 1. The van der Waals surface area contributed by atoms with Gasteiger partial charge in [0.2, 0.25) is 12.7 Å². The molecular formula is C13H15NO5S. The first-order valence-corrected chi connectivity index (χ1v) is 7.68. The van der Waals surface area contributed by atoms with Crippen molar-refractivity contribution in [1.29, 1.82) is 0 Å². The molecule has 0 radical (unpaired) electrons. The van der Waals surface area contributed by atoms with Crippen molar-refractivity contribution in [3.63, 3.8) is 0 Å². The average molecular weight is 297 g/mol. The quantitative estimate of drug-likeness (QED) is 0.829. The molecule has 108 valence electrons. The molecule has 1 heterocycles. The highest BCUT2D eigenvalue weighted by atomic mass is 32.2. The van der Waals surface area contributed by atoms with Gasteiger partial charge in [0.25, 0.3) is 0 Å². The van der Waals surface area contributed by atoms with Crippen LogP contribution in [-0.2, 0) is 14.6 Å². The fourth-order valence-corrected chi connectivity index (χ4v) is 2.69. The molecule has 0 saturated carbocycles. The van der Waals surface area contributed by atoms with Gasteiger partial charge in [0.1, 0.15) is 5.25 Å². The summed E-state index contributed by atoms with van der Waals surface area (Å²) in [7, 11) is -3.53. The summed E-state index contributed by atoms with van der Waals surface area (Å²) in [5.74, 6) is 0.286. The average Bonchev–Trinajstić information content (AvgIpc) is 2.85. The predicted molar refractivity (Wildman–Crippen MR) is 74.6 cm³/mol. The lowest BCUT2D eigenvalue weighted by Gasteiger charge is -2.12. The number of amides is 1. The molecule has 0 spiro atoms. The second-order valence-electron chi connectivity index (χ2n) is 4.32. The second kappa shape index (κ2) is 5.54. The van der Waals surface area contributed by atoms with Crippen LogP contribution in [0.5, 0.6) is 11.5 Å². The highest BCUT2D eigenvalue weighted by Crippen LogP contribution is 2.34. The van der Waals surface area contributed by atoms with E-state index >= 15 is 0 Å². The normalized spacial score (nSPS) is 14.7. The van der Waals surface area contributed by atoms with E-state index in [0.717, 1.165) is 0 Å². The molecule has 6 nitrogen and oxygen atoms in total. The number of fused-ring (bicyclic) bond motifs is 1. The Morgan fingerprint density at radius 2 is 2.15 bits per heavy atom. The third-order valence-corrected chi connectivity index (χ3v) is 4.89. The van der Waals surface area contributed by atoms with Crippen molar-refractivity contribution in [3.05, 3.63) is 30.9 Å². The zero-order valence-electron chi connectivity index (χ0n) is 11.0.